The number of aromatic nitrogens is 3. The molecule has 0 spiro atoms. The highest BCUT2D eigenvalue weighted by Crippen LogP contribution is 2.29. The molecular weight excluding hydrogens is 405 g/mol. The van der Waals surface area contributed by atoms with Gasteiger partial charge in [0, 0.05) is 21.7 Å². The monoisotopic (exact) mass is 415 g/mol. The maximum Gasteiger partial charge on any atom is 0.316 e. The molecule has 0 amide bonds. The Kier molecular flexibility index (Phi) is 5.63. The fourth-order valence-corrected chi connectivity index (χ4v) is 4.08. The van der Waals surface area contributed by atoms with E-state index in [9.17, 15) is 9.59 Å². The van der Waals surface area contributed by atoms with E-state index in [4.69, 9.17) is 27.9 Å². The molecule has 3 rings (SSSR count). The molecule has 0 aliphatic rings. The van der Waals surface area contributed by atoms with Gasteiger partial charge in [0.15, 0.2) is 5.01 Å². The van der Waals surface area contributed by atoms with Gasteiger partial charge in [0.2, 0.25) is 4.96 Å². The zero-order valence-corrected chi connectivity index (χ0v) is 16.0. The number of thioether (sulfide) groups is 1. The zero-order chi connectivity index (χ0) is 18.0. The maximum absolute atomic E-state index is 11.9. The molecule has 6 nitrogen and oxygen atoms in total. The van der Waals surface area contributed by atoms with E-state index in [1.807, 2.05) is 0 Å². The second-order valence-corrected chi connectivity index (χ2v) is 7.85. The molecule has 25 heavy (non-hydrogen) atoms. The minimum atomic E-state index is -0.420. The predicted molar refractivity (Wildman–Crippen MR) is 98.9 cm³/mol. The third-order valence-corrected chi connectivity index (χ3v) is 5.60. The van der Waals surface area contributed by atoms with Gasteiger partial charge in [0.1, 0.15) is 6.61 Å². The molecule has 0 aliphatic carbocycles. The van der Waals surface area contributed by atoms with Crippen molar-refractivity contribution < 1.29 is 9.53 Å². The van der Waals surface area contributed by atoms with E-state index in [1.165, 1.54) is 33.7 Å². The second-order valence-electron chi connectivity index (χ2n) is 4.95. The number of hydrogen-bond donors (Lipinski definition) is 0. The van der Waals surface area contributed by atoms with Crippen molar-refractivity contribution in [3.63, 3.8) is 0 Å². The molecule has 0 atom stereocenters. The number of carbonyl (C=O) groups excluding carboxylic acids is 1. The quantitative estimate of drug-likeness (QED) is 0.468. The maximum atomic E-state index is 11.9. The van der Waals surface area contributed by atoms with Gasteiger partial charge in [-0.25, -0.2) is 4.98 Å². The molecule has 0 fully saturated rings. The molecule has 2 heterocycles. The highest BCUT2D eigenvalue weighted by molar-refractivity contribution is 8.00. The highest BCUT2D eigenvalue weighted by atomic mass is 35.5. The predicted octanol–water partition coefficient (Wildman–Crippen LogP) is 3.60. The summed E-state index contributed by atoms with van der Waals surface area (Å²) < 4.78 is 6.38. The summed E-state index contributed by atoms with van der Waals surface area (Å²) in [5.74, 6) is -0.334. The lowest BCUT2D eigenvalue weighted by Gasteiger charge is -2.05. The van der Waals surface area contributed by atoms with Gasteiger partial charge in [0.05, 0.1) is 10.8 Å². The largest absolute Gasteiger partial charge is 0.458 e. The first-order valence-electron chi connectivity index (χ1n) is 7.02. The van der Waals surface area contributed by atoms with Gasteiger partial charge in [-0.15, -0.1) is 11.8 Å². The van der Waals surface area contributed by atoms with Crippen molar-refractivity contribution >= 4 is 57.2 Å². The van der Waals surface area contributed by atoms with E-state index >= 15 is 0 Å². The summed E-state index contributed by atoms with van der Waals surface area (Å²) in [5, 5.41) is 5.67. The van der Waals surface area contributed by atoms with Crippen molar-refractivity contribution in [1.29, 1.82) is 0 Å². The molecule has 0 radical (unpaired) electrons. The van der Waals surface area contributed by atoms with E-state index in [-0.39, 0.29) is 17.9 Å². The number of benzene rings is 1. The van der Waals surface area contributed by atoms with Crippen LogP contribution in [0.2, 0.25) is 10.0 Å². The van der Waals surface area contributed by atoms with Gasteiger partial charge in [-0.3, -0.25) is 9.59 Å². The number of fused-ring (bicyclic) bond motifs is 1. The average Bonchev–Trinajstić information content (AvgIpc) is 2.97. The van der Waals surface area contributed by atoms with Gasteiger partial charge in [0.25, 0.3) is 5.56 Å². The highest BCUT2D eigenvalue weighted by Gasteiger charge is 2.11. The van der Waals surface area contributed by atoms with E-state index in [0.29, 0.717) is 30.6 Å². The first kappa shape index (κ1) is 18.2. The fraction of sp³-hybridized carbons (Fsp3) is 0.200. The molecule has 0 saturated carbocycles. The first-order valence-corrected chi connectivity index (χ1v) is 9.58. The summed E-state index contributed by atoms with van der Waals surface area (Å²) in [7, 11) is 0. The van der Waals surface area contributed by atoms with Crippen LogP contribution in [0.15, 0.2) is 34.0 Å². The molecular formula is C15H11Cl2N3O3S2. The lowest BCUT2D eigenvalue weighted by atomic mass is 10.4. The summed E-state index contributed by atoms with van der Waals surface area (Å²) in [6.07, 6.45) is 0. The van der Waals surface area contributed by atoms with Gasteiger partial charge in [-0.05, 0) is 25.1 Å². The van der Waals surface area contributed by atoms with E-state index in [1.54, 1.807) is 25.1 Å². The number of rotatable bonds is 5. The number of esters is 1. The number of nitrogens with zero attached hydrogens (tertiary/aromatic N) is 3. The zero-order valence-electron chi connectivity index (χ0n) is 12.9. The van der Waals surface area contributed by atoms with Crippen LogP contribution in [0, 0.1) is 6.92 Å². The van der Waals surface area contributed by atoms with Gasteiger partial charge >= 0.3 is 5.97 Å². The lowest BCUT2D eigenvalue weighted by Crippen LogP contribution is -2.14. The van der Waals surface area contributed by atoms with Crippen molar-refractivity contribution in [2.24, 2.45) is 0 Å². The summed E-state index contributed by atoms with van der Waals surface area (Å²) in [5.41, 5.74) is 0.356. The number of carbonyl (C=O) groups is 1. The second kappa shape index (κ2) is 7.74. The average molecular weight is 416 g/mol. The Bertz CT molecular complexity index is 1000. The van der Waals surface area contributed by atoms with Crippen molar-refractivity contribution in [1.82, 2.24) is 14.6 Å². The topological polar surface area (TPSA) is 73.6 Å². The number of halogens is 2. The molecule has 0 saturated heterocycles. The summed E-state index contributed by atoms with van der Waals surface area (Å²) in [6.45, 7) is 1.72. The Balaban J connectivity index is 1.60. The van der Waals surface area contributed by atoms with Crippen LogP contribution in [-0.4, -0.2) is 26.3 Å². The van der Waals surface area contributed by atoms with Crippen molar-refractivity contribution in [3.8, 4) is 0 Å². The van der Waals surface area contributed by atoms with Crippen LogP contribution in [0.4, 0.5) is 0 Å². The SMILES string of the molecule is Cc1cc(=O)n2nc(COC(=O)CSc3cc(Cl)ccc3Cl)sc2n1. The van der Waals surface area contributed by atoms with Crippen molar-refractivity contribution in [2.75, 3.05) is 5.75 Å². The van der Waals surface area contributed by atoms with Crippen molar-refractivity contribution in [3.05, 3.63) is 55.4 Å². The normalized spacial score (nSPS) is 11.0. The standard InChI is InChI=1S/C15H11Cl2N3O3S2/c1-8-4-13(21)20-15(18-8)25-12(19-20)6-23-14(22)7-24-11-5-9(16)2-3-10(11)17/h2-5H,6-7H2,1H3. The van der Waals surface area contributed by atoms with Crippen molar-refractivity contribution in [2.45, 2.75) is 18.4 Å². The molecule has 0 N–H and O–H groups in total. The Morgan fingerprint density at radius 3 is 2.96 bits per heavy atom. The Morgan fingerprint density at radius 2 is 2.16 bits per heavy atom. The smallest absolute Gasteiger partial charge is 0.316 e. The summed E-state index contributed by atoms with van der Waals surface area (Å²) in [6, 6.07) is 6.44. The van der Waals surface area contributed by atoms with Crippen LogP contribution in [0.3, 0.4) is 0 Å². The molecule has 2 aromatic heterocycles. The molecule has 3 aromatic rings. The van der Waals surface area contributed by atoms with E-state index < -0.39 is 5.97 Å². The first-order chi connectivity index (χ1) is 11.9. The Labute approximate surface area is 160 Å². The van der Waals surface area contributed by atoms with Crippen LogP contribution >= 0.6 is 46.3 Å². The third kappa shape index (κ3) is 4.52. The molecule has 0 unspecified atom stereocenters. The Morgan fingerprint density at radius 1 is 1.36 bits per heavy atom. The minimum Gasteiger partial charge on any atom is -0.458 e. The molecule has 130 valence electrons. The van der Waals surface area contributed by atoms with Crippen LogP contribution in [0.1, 0.15) is 10.7 Å². The summed E-state index contributed by atoms with van der Waals surface area (Å²) >= 11 is 14.4. The van der Waals surface area contributed by atoms with Gasteiger partial charge in [-0.1, -0.05) is 34.5 Å². The number of ether oxygens (including phenoxy) is 1. The van der Waals surface area contributed by atoms with Gasteiger partial charge in [-0.2, -0.15) is 9.61 Å². The van der Waals surface area contributed by atoms with Crippen LogP contribution in [-0.2, 0) is 16.1 Å². The molecule has 10 heteroatoms. The van der Waals surface area contributed by atoms with E-state index in [2.05, 4.69) is 10.1 Å². The number of hydrogen-bond acceptors (Lipinski definition) is 7. The molecule has 0 aliphatic heterocycles. The number of aryl methyl sites for hydroxylation is 1. The fourth-order valence-electron chi connectivity index (χ4n) is 1.93. The van der Waals surface area contributed by atoms with Crippen LogP contribution in [0.25, 0.3) is 4.96 Å². The molecule has 0 bridgehead atoms. The van der Waals surface area contributed by atoms with E-state index in [0.717, 1.165) is 0 Å². The van der Waals surface area contributed by atoms with Crippen LogP contribution in [0.5, 0.6) is 0 Å². The lowest BCUT2D eigenvalue weighted by molar-refractivity contribution is -0.141. The summed E-state index contributed by atoms with van der Waals surface area (Å²) in [4.78, 5) is 29.1. The minimum absolute atomic E-state index is 0.0187. The van der Waals surface area contributed by atoms with Crippen LogP contribution < -0.4 is 5.56 Å². The molecule has 1 aromatic carbocycles. The Hall–Kier alpha value is -1.61. The third-order valence-electron chi connectivity index (χ3n) is 3.01. The van der Waals surface area contributed by atoms with Gasteiger partial charge < -0.3 is 4.74 Å².